The average molecular weight is 533 g/mol. The first-order valence-corrected chi connectivity index (χ1v) is 15.2. The van der Waals surface area contributed by atoms with Crippen molar-refractivity contribution in [1.82, 2.24) is 14.5 Å². The van der Waals surface area contributed by atoms with Crippen LogP contribution in [0.25, 0.3) is 0 Å². The average Bonchev–Trinajstić information content (AvgIpc) is 3.14. The van der Waals surface area contributed by atoms with Gasteiger partial charge in [0.2, 0.25) is 0 Å². The summed E-state index contributed by atoms with van der Waals surface area (Å²) < 4.78 is 45.4. The molecule has 4 atom stereocenters. The molecule has 1 aromatic heterocycles. The Morgan fingerprint density at radius 2 is 1.94 bits per heavy atom. The number of aryl methyl sites for hydroxylation is 1. The number of hydrogen-bond donors (Lipinski definition) is 3. The highest BCUT2D eigenvalue weighted by atomic mass is 32.2. The summed E-state index contributed by atoms with van der Waals surface area (Å²) in [5.74, 6) is 0. The zero-order valence-electron chi connectivity index (χ0n) is 20.7. The van der Waals surface area contributed by atoms with Gasteiger partial charge in [-0.15, -0.1) is 0 Å². The fourth-order valence-electron chi connectivity index (χ4n) is 3.98. The van der Waals surface area contributed by atoms with Gasteiger partial charge in [-0.05, 0) is 25.1 Å². The van der Waals surface area contributed by atoms with Crippen LogP contribution in [0.3, 0.4) is 0 Å². The number of nitrogens with two attached hydrogens (primary N) is 1. The van der Waals surface area contributed by atoms with E-state index in [-0.39, 0.29) is 16.3 Å². The van der Waals surface area contributed by atoms with Crippen LogP contribution >= 0.6 is 0 Å². The Hall–Kier alpha value is -2.30. The highest BCUT2D eigenvalue weighted by Gasteiger charge is 2.67. The third-order valence-corrected chi connectivity index (χ3v) is 12.3. The van der Waals surface area contributed by atoms with E-state index < -0.39 is 66.4 Å². The van der Waals surface area contributed by atoms with E-state index in [1.54, 1.807) is 0 Å². The van der Waals surface area contributed by atoms with Gasteiger partial charge in [-0.25, -0.2) is 13.8 Å². The van der Waals surface area contributed by atoms with Crippen molar-refractivity contribution in [2.75, 3.05) is 6.61 Å². The number of aromatic nitrogens is 2. The van der Waals surface area contributed by atoms with E-state index in [0.717, 1.165) is 9.13 Å². The molecule has 13 nitrogen and oxygen atoms in total. The number of carbonyl (C=O) groups is 1. The number of ether oxygens (including phenoxy) is 1. The summed E-state index contributed by atoms with van der Waals surface area (Å²) in [5, 5.41) is 12.8. The minimum atomic E-state index is -4.37. The summed E-state index contributed by atoms with van der Waals surface area (Å²) in [6.45, 7) is 10.4. The molecule has 3 heterocycles. The van der Waals surface area contributed by atoms with Crippen molar-refractivity contribution in [3.8, 4) is 0 Å². The summed E-state index contributed by atoms with van der Waals surface area (Å²) >= 11 is 0. The molecule has 0 radical (unpaired) electrons. The maximum atomic E-state index is 13.1. The zero-order chi connectivity index (χ0) is 26.7. The maximum absolute atomic E-state index is 13.1. The number of aliphatic hydroxyl groups is 1. The van der Waals surface area contributed by atoms with Gasteiger partial charge in [0.25, 0.3) is 15.7 Å². The predicted molar refractivity (Wildman–Crippen MR) is 127 cm³/mol. The molecule has 0 saturated carbocycles. The standard InChI is InChI=1S/C20H32N4O9SSi/c1-11-8-24(18(28)23(5)15(11)26)16-14(32-35(6,7)19(2,3)4)20(13(9-25)31-16)12(22-17(21)27)10-34(29,30)33-20/h8,10,13-14,16,25H,9H2,1-7H3,(H3,21,22,27)/t13-,14+,16-,20-/m1/s1. The largest absolute Gasteiger partial charge is 0.406 e. The topological polar surface area (TPSA) is 181 Å². The number of nitrogens with zero attached hydrogens (tertiary/aromatic N) is 2. The quantitative estimate of drug-likeness (QED) is 0.340. The van der Waals surface area contributed by atoms with E-state index in [9.17, 15) is 27.9 Å². The van der Waals surface area contributed by atoms with E-state index in [2.05, 4.69) is 5.32 Å². The van der Waals surface area contributed by atoms with Gasteiger partial charge in [-0.1, -0.05) is 20.8 Å². The Bertz CT molecular complexity index is 1290. The van der Waals surface area contributed by atoms with Crippen LogP contribution in [-0.4, -0.2) is 61.4 Å². The van der Waals surface area contributed by atoms with Gasteiger partial charge in [-0.2, -0.15) is 8.42 Å². The first kappa shape index (κ1) is 27.3. The SMILES string of the molecule is Cc1cn([C@@H]2O[C@H](CO)[C@@]3(OS(=O)(=O)C=C3NC(N)=O)[C@H]2O[Si](C)(C)C(C)(C)C)c(=O)n(C)c1=O. The molecule has 2 aliphatic rings. The number of nitrogens with one attached hydrogen (secondary N) is 1. The van der Waals surface area contributed by atoms with Crippen LogP contribution in [0.15, 0.2) is 26.9 Å². The van der Waals surface area contributed by atoms with Gasteiger partial charge in [0.05, 0.1) is 17.7 Å². The number of amides is 2. The van der Waals surface area contributed by atoms with Gasteiger partial charge >= 0.3 is 11.7 Å². The molecule has 0 unspecified atom stereocenters. The van der Waals surface area contributed by atoms with Crippen LogP contribution in [0.5, 0.6) is 0 Å². The number of carbonyl (C=O) groups excluding carboxylic acids is 1. The second-order valence-corrected chi connectivity index (χ2v) is 16.4. The Morgan fingerprint density at radius 3 is 2.46 bits per heavy atom. The molecule has 3 rings (SSSR count). The fraction of sp³-hybridized carbons (Fsp3) is 0.650. The van der Waals surface area contributed by atoms with Gasteiger partial charge in [0.1, 0.15) is 12.2 Å². The summed E-state index contributed by atoms with van der Waals surface area (Å²) in [5.41, 5.74) is 1.89. The van der Waals surface area contributed by atoms with E-state index in [0.29, 0.717) is 5.41 Å². The predicted octanol–water partition coefficient (Wildman–Crippen LogP) is -0.256. The molecule has 1 spiro atoms. The van der Waals surface area contributed by atoms with Crippen molar-refractivity contribution >= 4 is 24.5 Å². The first-order chi connectivity index (χ1) is 15.9. The molecule has 35 heavy (non-hydrogen) atoms. The molecule has 0 bridgehead atoms. The van der Waals surface area contributed by atoms with E-state index >= 15 is 0 Å². The third kappa shape index (κ3) is 4.51. The molecule has 2 amide bonds. The Kier molecular flexibility index (Phi) is 6.76. The van der Waals surface area contributed by atoms with Gasteiger partial charge < -0.3 is 25.3 Å². The Balaban J connectivity index is 2.33. The Morgan fingerprint density at radius 1 is 1.34 bits per heavy atom. The van der Waals surface area contributed by atoms with E-state index in [1.165, 1.54) is 20.2 Å². The molecule has 4 N–H and O–H groups in total. The number of aliphatic hydroxyl groups excluding tert-OH is 1. The minimum absolute atomic E-state index is 0.217. The van der Waals surface area contributed by atoms with Gasteiger partial charge in [0, 0.05) is 18.8 Å². The maximum Gasteiger partial charge on any atom is 0.332 e. The molecule has 0 aromatic carbocycles. The molecule has 0 aliphatic carbocycles. The van der Waals surface area contributed by atoms with Crippen LogP contribution in [-0.2, 0) is 30.5 Å². The lowest BCUT2D eigenvalue weighted by Crippen LogP contribution is -2.60. The van der Waals surface area contributed by atoms with Gasteiger partial charge in [-0.3, -0.25) is 13.9 Å². The molecule has 1 aromatic rings. The lowest BCUT2D eigenvalue weighted by molar-refractivity contribution is -0.0596. The molecule has 1 fully saturated rings. The number of hydrogen-bond acceptors (Lipinski definition) is 9. The van der Waals surface area contributed by atoms with E-state index in [4.69, 9.17) is 19.1 Å². The van der Waals surface area contributed by atoms with Crippen LogP contribution in [0.2, 0.25) is 18.1 Å². The van der Waals surface area contributed by atoms with Crippen LogP contribution < -0.4 is 22.3 Å². The minimum Gasteiger partial charge on any atom is -0.406 e. The first-order valence-electron chi connectivity index (χ1n) is 10.8. The molecule has 1 saturated heterocycles. The fourth-order valence-corrected chi connectivity index (χ4v) is 6.51. The van der Waals surface area contributed by atoms with Crippen molar-refractivity contribution in [3.63, 3.8) is 0 Å². The molecule has 15 heteroatoms. The van der Waals surface area contributed by atoms with Crippen molar-refractivity contribution in [3.05, 3.63) is 43.7 Å². The summed E-state index contributed by atoms with van der Waals surface area (Å²) in [7, 11) is -5.82. The molecule has 196 valence electrons. The smallest absolute Gasteiger partial charge is 0.332 e. The van der Waals surface area contributed by atoms with Crippen molar-refractivity contribution in [2.24, 2.45) is 12.8 Å². The number of rotatable bonds is 5. The number of primary amides is 1. The van der Waals surface area contributed by atoms with Crippen LogP contribution in [0.4, 0.5) is 4.79 Å². The Labute approximate surface area is 203 Å². The van der Waals surface area contributed by atoms with Gasteiger partial charge in [0.15, 0.2) is 20.1 Å². The molecule has 2 aliphatic heterocycles. The number of urea groups is 1. The summed E-state index contributed by atoms with van der Waals surface area (Å²) in [6.07, 6.45) is -2.78. The third-order valence-electron chi connectivity index (χ3n) is 6.81. The second kappa shape index (κ2) is 8.67. The zero-order valence-corrected chi connectivity index (χ0v) is 22.5. The lowest BCUT2D eigenvalue weighted by atomic mass is 9.89. The van der Waals surface area contributed by atoms with Crippen LogP contribution in [0, 0.1) is 6.92 Å². The second-order valence-electron chi connectivity index (χ2n) is 10.3. The summed E-state index contributed by atoms with van der Waals surface area (Å²) in [6, 6.07) is -1.07. The van der Waals surface area contributed by atoms with Crippen LogP contribution in [0.1, 0.15) is 32.6 Å². The molecular formula is C20H32N4O9SSi. The van der Waals surface area contributed by atoms with Crippen molar-refractivity contribution in [2.45, 2.75) is 69.9 Å². The van der Waals surface area contributed by atoms with Crippen molar-refractivity contribution < 1.29 is 31.7 Å². The molecular weight excluding hydrogens is 500 g/mol. The van der Waals surface area contributed by atoms with Crippen molar-refractivity contribution in [1.29, 1.82) is 0 Å². The monoisotopic (exact) mass is 532 g/mol. The highest BCUT2D eigenvalue weighted by Crippen LogP contribution is 2.51. The highest BCUT2D eigenvalue weighted by molar-refractivity contribution is 7.90. The lowest BCUT2D eigenvalue weighted by Gasteiger charge is -2.43. The summed E-state index contributed by atoms with van der Waals surface area (Å²) in [4.78, 5) is 37.2. The van der Waals surface area contributed by atoms with E-state index in [1.807, 2.05) is 33.9 Å². The normalized spacial score (nSPS) is 28.3.